The molecule has 1 saturated heterocycles. The van der Waals surface area contributed by atoms with E-state index in [4.69, 9.17) is 4.74 Å². The molecule has 1 aliphatic carbocycles. The Morgan fingerprint density at radius 3 is 2.88 bits per heavy atom. The summed E-state index contributed by atoms with van der Waals surface area (Å²) < 4.78 is 7.53. The Morgan fingerprint density at radius 1 is 1.17 bits per heavy atom. The maximum absolute atomic E-state index is 12.4. The number of aryl methyl sites for hydroxylation is 2. The molecule has 2 heterocycles. The van der Waals surface area contributed by atoms with E-state index in [1.165, 1.54) is 18.4 Å². The summed E-state index contributed by atoms with van der Waals surface area (Å²) in [5.41, 5.74) is 3.45. The Hall–Kier alpha value is -1.98. The molecule has 24 heavy (non-hydrogen) atoms. The number of fused-ring (bicyclic) bond motifs is 1. The molecule has 0 saturated carbocycles. The van der Waals surface area contributed by atoms with E-state index in [1.807, 2.05) is 18.2 Å². The number of morpholine rings is 1. The zero-order chi connectivity index (χ0) is 16.4. The van der Waals surface area contributed by atoms with Gasteiger partial charge in [0.1, 0.15) is 0 Å². The van der Waals surface area contributed by atoms with Crippen LogP contribution in [0.4, 0.5) is 0 Å². The van der Waals surface area contributed by atoms with Gasteiger partial charge < -0.3 is 4.74 Å². The molecule has 0 amide bonds. The maximum atomic E-state index is 12.4. The summed E-state index contributed by atoms with van der Waals surface area (Å²) >= 11 is 0. The summed E-state index contributed by atoms with van der Waals surface area (Å²) in [6.07, 6.45) is 4.39. The molecular formula is C19H23N3O2. The average Bonchev–Trinajstić information content (AvgIpc) is 2.63. The van der Waals surface area contributed by atoms with E-state index in [1.54, 1.807) is 10.7 Å². The smallest absolute Gasteiger partial charge is 0.268 e. The third-order valence-corrected chi connectivity index (χ3v) is 4.93. The third-order valence-electron chi connectivity index (χ3n) is 4.93. The van der Waals surface area contributed by atoms with Gasteiger partial charge in [-0.05, 0) is 36.8 Å². The number of ether oxygens (including phenoxy) is 1. The molecule has 0 radical (unpaired) electrons. The van der Waals surface area contributed by atoms with Gasteiger partial charge in [0.15, 0.2) is 0 Å². The van der Waals surface area contributed by atoms with Crippen LogP contribution in [0.2, 0.25) is 0 Å². The highest BCUT2D eigenvalue weighted by Gasteiger charge is 2.23. The lowest BCUT2D eigenvalue weighted by Gasteiger charge is -2.33. The summed E-state index contributed by atoms with van der Waals surface area (Å²) in [4.78, 5) is 14.6. The predicted octanol–water partition coefficient (Wildman–Crippen LogP) is 2.15. The molecule has 0 spiro atoms. The van der Waals surface area contributed by atoms with Crippen LogP contribution in [0.5, 0.6) is 0 Å². The quantitative estimate of drug-likeness (QED) is 0.867. The normalized spacial score (nSPS) is 21.4. The second-order valence-electron chi connectivity index (χ2n) is 6.65. The first kappa shape index (κ1) is 15.5. The first-order valence-corrected chi connectivity index (χ1v) is 8.78. The predicted molar refractivity (Wildman–Crippen MR) is 91.8 cm³/mol. The molecule has 0 unspecified atom stereocenters. The van der Waals surface area contributed by atoms with Gasteiger partial charge in [-0.2, -0.15) is 5.10 Å². The highest BCUT2D eigenvalue weighted by molar-refractivity contribution is 5.20. The van der Waals surface area contributed by atoms with Crippen LogP contribution < -0.4 is 5.56 Å². The summed E-state index contributed by atoms with van der Waals surface area (Å²) in [6, 6.07) is 12.1. The first-order chi connectivity index (χ1) is 11.8. The van der Waals surface area contributed by atoms with E-state index in [0.717, 1.165) is 37.2 Å². The zero-order valence-corrected chi connectivity index (χ0v) is 13.9. The molecule has 0 bridgehead atoms. The van der Waals surface area contributed by atoms with Crippen molar-refractivity contribution in [1.29, 1.82) is 0 Å². The summed E-state index contributed by atoms with van der Waals surface area (Å²) in [7, 11) is 0. The van der Waals surface area contributed by atoms with Crippen LogP contribution in [-0.4, -0.2) is 34.4 Å². The van der Waals surface area contributed by atoms with Crippen molar-refractivity contribution in [3.8, 4) is 0 Å². The van der Waals surface area contributed by atoms with E-state index >= 15 is 0 Å². The number of rotatable bonds is 3. The van der Waals surface area contributed by atoms with Gasteiger partial charge in [0, 0.05) is 19.2 Å². The fourth-order valence-electron chi connectivity index (χ4n) is 3.59. The minimum Gasteiger partial charge on any atom is -0.371 e. The molecule has 5 heteroatoms. The van der Waals surface area contributed by atoms with Gasteiger partial charge in [0.05, 0.1) is 25.1 Å². The van der Waals surface area contributed by atoms with Crippen molar-refractivity contribution in [3.63, 3.8) is 0 Å². The van der Waals surface area contributed by atoms with Gasteiger partial charge in [-0.25, -0.2) is 4.68 Å². The number of hydrogen-bond acceptors (Lipinski definition) is 4. The van der Waals surface area contributed by atoms with Gasteiger partial charge in [-0.1, -0.05) is 30.3 Å². The Bertz CT molecular complexity index is 757. The average molecular weight is 325 g/mol. The lowest BCUT2D eigenvalue weighted by atomic mass is 9.97. The molecule has 1 aliphatic heterocycles. The topological polar surface area (TPSA) is 47.4 Å². The van der Waals surface area contributed by atoms with E-state index in [0.29, 0.717) is 13.3 Å². The molecule has 126 valence electrons. The Morgan fingerprint density at radius 2 is 2.00 bits per heavy atom. The van der Waals surface area contributed by atoms with Crippen LogP contribution in [0.3, 0.4) is 0 Å². The van der Waals surface area contributed by atoms with Gasteiger partial charge in [0.25, 0.3) is 5.56 Å². The van der Waals surface area contributed by atoms with Gasteiger partial charge in [0.2, 0.25) is 0 Å². The minimum absolute atomic E-state index is 0.0124. The zero-order valence-electron chi connectivity index (χ0n) is 13.9. The summed E-state index contributed by atoms with van der Waals surface area (Å²) in [6.45, 7) is 2.84. The Kier molecular flexibility index (Phi) is 4.45. The monoisotopic (exact) mass is 325 g/mol. The van der Waals surface area contributed by atoms with Crippen molar-refractivity contribution in [2.75, 3.05) is 19.7 Å². The van der Waals surface area contributed by atoms with Gasteiger partial charge >= 0.3 is 0 Å². The van der Waals surface area contributed by atoms with Crippen molar-refractivity contribution in [3.05, 3.63) is 63.6 Å². The summed E-state index contributed by atoms with van der Waals surface area (Å²) in [5, 5.41) is 4.63. The minimum atomic E-state index is 0.0124. The second kappa shape index (κ2) is 6.87. The lowest BCUT2D eigenvalue weighted by Crippen LogP contribution is -2.42. The van der Waals surface area contributed by atoms with Crippen LogP contribution in [0.1, 0.15) is 35.8 Å². The largest absolute Gasteiger partial charge is 0.371 e. The van der Waals surface area contributed by atoms with E-state index in [-0.39, 0.29) is 11.7 Å². The highest BCUT2D eigenvalue weighted by atomic mass is 16.5. The highest BCUT2D eigenvalue weighted by Crippen LogP contribution is 2.22. The molecule has 4 rings (SSSR count). The van der Waals surface area contributed by atoms with Crippen molar-refractivity contribution >= 4 is 0 Å². The van der Waals surface area contributed by atoms with Crippen LogP contribution in [0.25, 0.3) is 0 Å². The third kappa shape index (κ3) is 3.28. The van der Waals surface area contributed by atoms with Crippen molar-refractivity contribution in [2.45, 2.75) is 38.5 Å². The van der Waals surface area contributed by atoms with E-state index in [2.05, 4.69) is 22.1 Å². The number of hydrogen-bond donors (Lipinski definition) is 0. The summed E-state index contributed by atoms with van der Waals surface area (Å²) in [5.74, 6) is 0. The molecule has 0 N–H and O–H groups in total. The fourth-order valence-corrected chi connectivity index (χ4v) is 3.59. The van der Waals surface area contributed by atoms with Crippen LogP contribution in [0, 0.1) is 0 Å². The molecule has 5 nitrogen and oxygen atoms in total. The molecular weight excluding hydrogens is 302 g/mol. The molecule has 1 fully saturated rings. The lowest BCUT2D eigenvalue weighted by molar-refractivity contribution is -0.0423. The van der Waals surface area contributed by atoms with Crippen molar-refractivity contribution in [2.24, 2.45) is 0 Å². The standard InChI is InChI=1S/C19H23N3O2/c23-19-12-16-8-4-5-9-17(16)20-22(19)14-21-10-11-24-18(13-21)15-6-2-1-3-7-15/h1-3,6-7,12,18H,4-5,8-11,13-14H2/t18-/m1/s1. The van der Waals surface area contributed by atoms with E-state index < -0.39 is 0 Å². The van der Waals surface area contributed by atoms with Crippen LogP contribution in [-0.2, 0) is 24.2 Å². The van der Waals surface area contributed by atoms with Crippen molar-refractivity contribution < 1.29 is 4.74 Å². The van der Waals surface area contributed by atoms with Crippen LogP contribution in [0.15, 0.2) is 41.2 Å². The van der Waals surface area contributed by atoms with Gasteiger partial charge in [-0.15, -0.1) is 0 Å². The Labute approximate surface area is 141 Å². The molecule has 2 aliphatic rings. The molecule has 2 aromatic rings. The molecule has 1 aromatic carbocycles. The molecule has 1 aromatic heterocycles. The second-order valence-corrected chi connectivity index (χ2v) is 6.65. The number of aromatic nitrogens is 2. The number of benzene rings is 1. The van der Waals surface area contributed by atoms with Crippen molar-refractivity contribution in [1.82, 2.24) is 14.7 Å². The van der Waals surface area contributed by atoms with Crippen LogP contribution >= 0.6 is 0 Å². The first-order valence-electron chi connectivity index (χ1n) is 8.78. The van der Waals surface area contributed by atoms with E-state index in [9.17, 15) is 4.79 Å². The maximum Gasteiger partial charge on any atom is 0.268 e. The molecule has 1 atom stereocenters. The SMILES string of the molecule is O=c1cc2c(nn1CN1CCO[C@@H](c3ccccc3)C1)CCCC2. The Balaban J connectivity index is 1.50. The van der Waals surface area contributed by atoms with Gasteiger partial charge in [-0.3, -0.25) is 9.69 Å². The fraction of sp³-hybridized carbons (Fsp3) is 0.474. The number of nitrogens with zero attached hydrogens (tertiary/aromatic N) is 3.